The summed E-state index contributed by atoms with van der Waals surface area (Å²) in [4.78, 5) is 12.2. The molecule has 0 aliphatic rings. The number of hydrogen-bond donors (Lipinski definition) is 2. The highest BCUT2D eigenvalue weighted by Gasteiger charge is 2.14. The van der Waals surface area contributed by atoms with Crippen molar-refractivity contribution in [3.8, 4) is 11.5 Å². The number of anilines is 1. The van der Waals surface area contributed by atoms with Gasteiger partial charge in [0.2, 0.25) is 0 Å². The average Bonchev–Trinajstić information content (AvgIpc) is 3.04. The third-order valence-electron chi connectivity index (χ3n) is 4.19. The van der Waals surface area contributed by atoms with Crippen LogP contribution in [-0.2, 0) is 6.54 Å². The fourth-order valence-electron chi connectivity index (χ4n) is 2.94. The van der Waals surface area contributed by atoms with Gasteiger partial charge in [-0.3, -0.25) is 0 Å². The Bertz CT molecular complexity index is 1030. The number of aromatic amines is 1. The standard InChI is InChI=1S/C19H18N4O2/c1-24-15-8-13-14(9-16(15)25-2)23-18-17(13)21-11-22-19(18)20-10-12-6-4-3-5-7-12/h3-9,11,23H,10H2,1-2H3,(H,20,21,22). The second-order valence-corrected chi connectivity index (χ2v) is 5.66. The fourth-order valence-corrected chi connectivity index (χ4v) is 2.94. The van der Waals surface area contributed by atoms with Crippen LogP contribution in [0, 0.1) is 0 Å². The summed E-state index contributed by atoms with van der Waals surface area (Å²) < 4.78 is 10.8. The molecule has 0 aliphatic heterocycles. The molecule has 0 aliphatic carbocycles. The number of nitrogens with zero attached hydrogens (tertiary/aromatic N) is 2. The normalized spacial score (nSPS) is 11.0. The molecule has 2 N–H and O–H groups in total. The summed E-state index contributed by atoms with van der Waals surface area (Å²) in [5.74, 6) is 2.12. The molecule has 0 amide bonds. The van der Waals surface area contributed by atoms with Gasteiger partial charge in [-0.2, -0.15) is 0 Å². The number of benzene rings is 2. The average molecular weight is 334 g/mol. The van der Waals surface area contributed by atoms with Crippen LogP contribution < -0.4 is 14.8 Å². The van der Waals surface area contributed by atoms with E-state index in [1.165, 1.54) is 5.56 Å². The van der Waals surface area contributed by atoms with E-state index in [4.69, 9.17) is 9.47 Å². The van der Waals surface area contributed by atoms with Crippen LogP contribution in [0.1, 0.15) is 5.56 Å². The van der Waals surface area contributed by atoms with Crippen molar-refractivity contribution in [2.45, 2.75) is 6.54 Å². The molecule has 0 spiro atoms. The molecule has 6 heteroatoms. The van der Waals surface area contributed by atoms with Gasteiger partial charge in [0, 0.05) is 18.0 Å². The predicted octanol–water partition coefficient (Wildman–Crippen LogP) is 3.74. The number of methoxy groups -OCH3 is 2. The molecule has 126 valence electrons. The number of ether oxygens (including phenoxy) is 2. The van der Waals surface area contributed by atoms with Gasteiger partial charge >= 0.3 is 0 Å². The van der Waals surface area contributed by atoms with E-state index < -0.39 is 0 Å². The molecule has 2 aromatic heterocycles. The van der Waals surface area contributed by atoms with E-state index in [0.29, 0.717) is 18.0 Å². The summed E-state index contributed by atoms with van der Waals surface area (Å²) >= 11 is 0. The van der Waals surface area contributed by atoms with Gasteiger partial charge in [0.25, 0.3) is 0 Å². The Hall–Kier alpha value is -3.28. The van der Waals surface area contributed by atoms with Gasteiger partial charge in [-0.15, -0.1) is 0 Å². The Labute approximate surface area is 144 Å². The van der Waals surface area contributed by atoms with E-state index in [9.17, 15) is 0 Å². The molecule has 0 atom stereocenters. The lowest BCUT2D eigenvalue weighted by Crippen LogP contribution is -2.02. The highest BCUT2D eigenvalue weighted by molar-refractivity contribution is 6.09. The summed E-state index contributed by atoms with van der Waals surface area (Å²) in [5.41, 5.74) is 3.83. The highest BCUT2D eigenvalue weighted by atomic mass is 16.5. The molecule has 6 nitrogen and oxygen atoms in total. The fraction of sp³-hybridized carbons (Fsp3) is 0.158. The quantitative estimate of drug-likeness (QED) is 0.582. The zero-order chi connectivity index (χ0) is 17.2. The molecular formula is C19H18N4O2. The third-order valence-corrected chi connectivity index (χ3v) is 4.19. The van der Waals surface area contributed by atoms with Crippen molar-refractivity contribution in [3.05, 3.63) is 54.4 Å². The second-order valence-electron chi connectivity index (χ2n) is 5.66. The Morgan fingerprint density at radius 1 is 1.00 bits per heavy atom. The molecular weight excluding hydrogens is 316 g/mol. The third kappa shape index (κ3) is 2.71. The Balaban J connectivity index is 1.78. The maximum Gasteiger partial charge on any atom is 0.162 e. The minimum absolute atomic E-state index is 0.674. The minimum Gasteiger partial charge on any atom is -0.493 e. The molecule has 0 radical (unpaired) electrons. The number of aromatic nitrogens is 3. The lowest BCUT2D eigenvalue weighted by atomic mass is 10.2. The van der Waals surface area contributed by atoms with E-state index in [0.717, 1.165) is 27.8 Å². The molecule has 4 rings (SSSR count). The molecule has 4 aromatic rings. The van der Waals surface area contributed by atoms with Crippen LogP contribution in [0.2, 0.25) is 0 Å². The molecule has 0 saturated heterocycles. The van der Waals surface area contributed by atoms with E-state index in [1.54, 1.807) is 20.5 Å². The number of rotatable bonds is 5. The summed E-state index contributed by atoms with van der Waals surface area (Å²) in [6.07, 6.45) is 1.57. The van der Waals surface area contributed by atoms with Crippen LogP contribution in [0.5, 0.6) is 11.5 Å². The zero-order valence-electron chi connectivity index (χ0n) is 14.0. The second kappa shape index (κ2) is 6.32. The topological polar surface area (TPSA) is 72.1 Å². The van der Waals surface area contributed by atoms with Crippen LogP contribution >= 0.6 is 0 Å². The Morgan fingerprint density at radius 3 is 2.52 bits per heavy atom. The summed E-state index contributed by atoms with van der Waals surface area (Å²) in [7, 11) is 3.25. The maximum atomic E-state index is 5.40. The lowest BCUT2D eigenvalue weighted by molar-refractivity contribution is 0.356. The van der Waals surface area contributed by atoms with Crippen LogP contribution in [0.4, 0.5) is 5.82 Å². The first-order chi connectivity index (χ1) is 12.3. The summed E-state index contributed by atoms with van der Waals surface area (Å²) in [6, 6.07) is 14.0. The van der Waals surface area contributed by atoms with Crippen LogP contribution in [0.3, 0.4) is 0 Å². The van der Waals surface area contributed by atoms with Crippen molar-refractivity contribution in [1.82, 2.24) is 15.0 Å². The largest absolute Gasteiger partial charge is 0.493 e. The van der Waals surface area contributed by atoms with Gasteiger partial charge in [0.05, 0.1) is 19.7 Å². The monoisotopic (exact) mass is 334 g/mol. The Kier molecular flexibility index (Phi) is 3.85. The van der Waals surface area contributed by atoms with Crippen molar-refractivity contribution in [1.29, 1.82) is 0 Å². The minimum atomic E-state index is 0.674. The van der Waals surface area contributed by atoms with E-state index in [-0.39, 0.29) is 0 Å². The SMILES string of the molecule is COc1cc2[nH]c3c(NCc4ccccc4)ncnc3c2cc1OC. The van der Waals surface area contributed by atoms with Crippen LogP contribution in [-0.4, -0.2) is 29.2 Å². The van der Waals surface area contributed by atoms with Crippen molar-refractivity contribution in [2.24, 2.45) is 0 Å². The van der Waals surface area contributed by atoms with Gasteiger partial charge < -0.3 is 19.8 Å². The number of fused-ring (bicyclic) bond motifs is 3. The number of hydrogen-bond acceptors (Lipinski definition) is 5. The molecule has 2 heterocycles. The molecule has 0 unspecified atom stereocenters. The maximum absolute atomic E-state index is 5.40. The van der Waals surface area contributed by atoms with Crippen LogP contribution in [0.15, 0.2) is 48.8 Å². The first-order valence-corrected chi connectivity index (χ1v) is 7.96. The number of H-pyrrole nitrogens is 1. The molecule has 0 saturated carbocycles. The van der Waals surface area contributed by atoms with E-state index in [1.807, 2.05) is 30.3 Å². The van der Waals surface area contributed by atoms with Gasteiger partial charge in [0.1, 0.15) is 17.4 Å². The van der Waals surface area contributed by atoms with Gasteiger partial charge in [-0.25, -0.2) is 9.97 Å². The zero-order valence-corrected chi connectivity index (χ0v) is 14.0. The lowest BCUT2D eigenvalue weighted by Gasteiger charge is -2.07. The summed E-state index contributed by atoms with van der Waals surface area (Å²) in [5, 5.41) is 4.35. The molecule has 0 fully saturated rings. The smallest absolute Gasteiger partial charge is 0.162 e. The van der Waals surface area contributed by atoms with Crippen molar-refractivity contribution in [3.63, 3.8) is 0 Å². The molecule has 2 aromatic carbocycles. The van der Waals surface area contributed by atoms with Crippen LogP contribution in [0.25, 0.3) is 21.9 Å². The Morgan fingerprint density at radius 2 is 1.76 bits per heavy atom. The number of nitrogens with one attached hydrogen (secondary N) is 2. The van der Waals surface area contributed by atoms with Gasteiger partial charge in [0.15, 0.2) is 17.3 Å². The van der Waals surface area contributed by atoms with Crippen molar-refractivity contribution < 1.29 is 9.47 Å². The highest BCUT2D eigenvalue weighted by Crippen LogP contribution is 2.36. The van der Waals surface area contributed by atoms with Gasteiger partial charge in [-0.05, 0) is 11.6 Å². The molecule has 0 bridgehead atoms. The van der Waals surface area contributed by atoms with Gasteiger partial charge in [-0.1, -0.05) is 30.3 Å². The molecule has 25 heavy (non-hydrogen) atoms. The van der Waals surface area contributed by atoms with Crippen molar-refractivity contribution in [2.75, 3.05) is 19.5 Å². The van der Waals surface area contributed by atoms with E-state index >= 15 is 0 Å². The van der Waals surface area contributed by atoms with E-state index in [2.05, 4.69) is 32.4 Å². The predicted molar refractivity (Wildman–Crippen MR) is 98.3 cm³/mol. The first-order valence-electron chi connectivity index (χ1n) is 7.96. The summed E-state index contributed by atoms with van der Waals surface area (Å²) in [6.45, 7) is 0.689. The first kappa shape index (κ1) is 15.3. The van der Waals surface area contributed by atoms with Crippen molar-refractivity contribution >= 4 is 27.8 Å².